The molecule has 0 saturated carbocycles. The van der Waals surface area contributed by atoms with E-state index in [1.165, 1.54) is 63.6 Å². The minimum atomic E-state index is -0.0118. The standard InChI is InChI=1S/C27H42N4O2/c1-3-4-5-6-8-15-25-22(2)29-27(30-26(25)32)28-16-12-19-33-24-14-11-13-23(20-24)21-31-17-9-7-10-18-31/h11,13-14,20H,3-10,12,15-19,21H2,1-2H3,(H2,28,29,30,32). The Morgan fingerprint density at radius 3 is 2.70 bits per heavy atom. The second-order valence-corrected chi connectivity index (χ2v) is 9.26. The molecule has 2 N–H and O–H groups in total. The highest BCUT2D eigenvalue weighted by Gasteiger charge is 2.11. The molecule has 2 aromatic rings. The molecule has 1 fully saturated rings. The molecule has 0 atom stereocenters. The van der Waals surface area contributed by atoms with Crippen LogP contribution >= 0.6 is 0 Å². The summed E-state index contributed by atoms with van der Waals surface area (Å²) < 4.78 is 5.96. The molecule has 0 spiro atoms. The van der Waals surface area contributed by atoms with Gasteiger partial charge in [-0.1, -0.05) is 51.2 Å². The number of likely N-dealkylation sites (tertiary alicyclic amines) is 1. The van der Waals surface area contributed by atoms with Crippen LogP contribution in [0.1, 0.15) is 81.5 Å². The summed E-state index contributed by atoms with van der Waals surface area (Å²) in [6.07, 6.45) is 11.6. The molecule has 1 aromatic carbocycles. The van der Waals surface area contributed by atoms with Crippen LogP contribution in [0.2, 0.25) is 0 Å². The number of rotatable bonds is 14. The van der Waals surface area contributed by atoms with E-state index in [1.807, 2.05) is 13.0 Å². The summed E-state index contributed by atoms with van der Waals surface area (Å²) in [6.45, 7) is 8.88. The zero-order chi connectivity index (χ0) is 23.3. The average molecular weight is 455 g/mol. The maximum absolute atomic E-state index is 12.5. The van der Waals surface area contributed by atoms with Gasteiger partial charge in [0.15, 0.2) is 0 Å². The predicted molar refractivity (Wildman–Crippen MR) is 136 cm³/mol. The molecule has 0 bridgehead atoms. The van der Waals surface area contributed by atoms with E-state index < -0.39 is 0 Å². The van der Waals surface area contributed by atoms with E-state index in [2.05, 4.69) is 45.3 Å². The number of hydrogen-bond donors (Lipinski definition) is 2. The summed E-state index contributed by atoms with van der Waals surface area (Å²) in [6, 6.07) is 8.44. The number of benzene rings is 1. The molecule has 1 saturated heterocycles. The minimum Gasteiger partial charge on any atom is -0.494 e. The molecule has 0 unspecified atom stereocenters. The van der Waals surface area contributed by atoms with Crippen molar-refractivity contribution in [1.29, 1.82) is 0 Å². The second-order valence-electron chi connectivity index (χ2n) is 9.26. The van der Waals surface area contributed by atoms with Gasteiger partial charge in [-0.3, -0.25) is 14.7 Å². The van der Waals surface area contributed by atoms with E-state index >= 15 is 0 Å². The van der Waals surface area contributed by atoms with Gasteiger partial charge < -0.3 is 10.1 Å². The van der Waals surface area contributed by atoms with Gasteiger partial charge in [0, 0.05) is 24.3 Å². The molecule has 0 radical (unpaired) electrons. The van der Waals surface area contributed by atoms with Crippen LogP contribution in [0.25, 0.3) is 0 Å². The van der Waals surface area contributed by atoms with Crippen molar-refractivity contribution in [3.63, 3.8) is 0 Å². The molecule has 182 valence electrons. The van der Waals surface area contributed by atoms with Gasteiger partial charge in [0.25, 0.3) is 5.56 Å². The molecule has 3 rings (SSSR count). The van der Waals surface area contributed by atoms with E-state index in [1.54, 1.807) is 0 Å². The number of aromatic amines is 1. The molecular weight excluding hydrogens is 412 g/mol. The van der Waals surface area contributed by atoms with E-state index in [-0.39, 0.29) is 5.56 Å². The van der Waals surface area contributed by atoms with Crippen LogP contribution in [0.4, 0.5) is 5.95 Å². The van der Waals surface area contributed by atoms with Crippen LogP contribution in [0.15, 0.2) is 29.1 Å². The molecule has 0 amide bonds. The summed E-state index contributed by atoms with van der Waals surface area (Å²) in [4.78, 5) is 22.5. The Morgan fingerprint density at radius 1 is 1.09 bits per heavy atom. The number of aromatic nitrogens is 2. The number of unbranched alkanes of at least 4 members (excludes halogenated alkanes) is 4. The van der Waals surface area contributed by atoms with E-state index in [4.69, 9.17) is 4.74 Å². The van der Waals surface area contributed by atoms with Gasteiger partial charge in [-0.25, -0.2) is 4.98 Å². The van der Waals surface area contributed by atoms with Crippen molar-refractivity contribution in [2.75, 3.05) is 31.6 Å². The Hall–Kier alpha value is -2.34. The minimum absolute atomic E-state index is 0.0118. The first-order chi connectivity index (χ1) is 16.2. The molecule has 6 nitrogen and oxygen atoms in total. The summed E-state index contributed by atoms with van der Waals surface area (Å²) in [5.41, 5.74) is 2.96. The molecule has 2 heterocycles. The Kier molecular flexibility index (Phi) is 10.8. The summed E-state index contributed by atoms with van der Waals surface area (Å²) in [7, 11) is 0. The highest BCUT2D eigenvalue weighted by atomic mass is 16.5. The molecule has 33 heavy (non-hydrogen) atoms. The van der Waals surface area contributed by atoms with Gasteiger partial charge in [0.1, 0.15) is 5.75 Å². The van der Waals surface area contributed by atoms with Gasteiger partial charge in [-0.2, -0.15) is 0 Å². The largest absolute Gasteiger partial charge is 0.494 e. The predicted octanol–water partition coefficient (Wildman–Crippen LogP) is 5.46. The van der Waals surface area contributed by atoms with Gasteiger partial charge in [0.2, 0.25) is 5.95 Å². The second kappa shape index (κ2) is 14.0. The first-order valence-corrected chi connectivity index (χ1v) is 12.9. The molecule has 6 heteroatoms. The van der Waals surface area contributed by atoms with Gasteiger partial charge in [0.05, 0.1) is 6.61 Å². The van der Waals surface area contributed by atoms with Crippen molar-refractivity contribution >= 4 is 5.95 Å². The highest BCUT2D eigenvalue weighted by Crippen LogP contribution is 2.18. The maximum atomic E-state index is 12.5. The topological polar surface area (TPSA) is 70.2 Å². The normalized spacial score (nSPS) is 14.4. The van der Waals surface area contributed by atoms with Crippen molar-refractivity contribution in [3.8, 4) is 5.75 Å². The lowest BCUT2D eigenvalue weighted by Gasteiger charge is -2.26. The van der Waals surface area contributed by atoms with Crippen LogP contribution in [0.3, 0.4) is 0 Å². The maximum Gasteiger partial charge on any atom is 0.255 e. The first-order valence-electron chi connectivity index (χ1n) is 12.9. The quantitative estimate of drug-likeness (QED) is 0.371. The summed E-state index contributed by atoms with van der Waals surface area (Å²) in [5.74, 6) is 1.48. The zero-order valence-electron chi connectivity index (χ0n) is 20.6. The molecule has 1 aromatic heterocycles. The molecule has 0 aliphatic carbocycles. The fraction of sp³-hybridized carbons (Fsp3) is 0.630. The number of hydrogen-bond acceptors (Lipinski definition) is 5. The Bertz CT molecular complexity index is 890. The smallest absolute Gasteiger partial charge is 0.255 e. The van der Waals surface area contributed by atoms with Crippen molar-refractivity contribution < 1.29 is 4.74 Å². The SMILES string of the molecule is CCCCCCCc1c(C)nc(NCCCOc2cccc(CN3CCCCC3)c2)[nH]c1=O. The third-order valence-electron chi connectivity index (χ3n) is 6.39. The highest BCUT2D eigenvalue weighted by molar-refractivity contribution is 5.30. The van der Waals surface area contributed by atoms with Crippen molar-refractivity contribution in [2.24, 2.45) is 0 Å². The van der Waals surface area contributed by atoms with Crippen LogP contribution in [-0.2, 0) is 13.0 Å². The third kappa shape index (κ3) is 8.84. The number of aryl methyl sites for hydroxylation is 1. The Morgan fingerprint density at radius 2 is 1.91 bits per heavy atom. The summed E-state index contributed by atoms with van der Waals surface area (Å²) in [5, 5.41) is 3.24. The van der Waals surface area contributed by atoms with Crippen molar-refractivity contribution in [1.82, 2.24) is 14.9 Å². The number of H-pyrrole nitrogens is 1. The average Bonchev–Trinajstić information content (AvgIpc) is 2.81. The monoisotopic (exact) mass is 454 g/mol. The van der Waals surface area contributed by atoms with Crippen LogP contribution in [-0.4, -0.2) is 41.1 Å². The first kappa shape index (κ1) is 25.3. The lowest BCUT2D eigenvalue weighted by molar-refractivity contribution is 0.220. The Labute approximate surface area is 199 Å². The van der Waals surface area contributed by atoms with E-state index in [9.17, 15) is 4.79 Å². The number of nitrogens with one attached hydrogen (secondary N) is 2. The van der Waals surface area contributed by atoms with E-state index in [0.717, 1.165) is 42.8 Å². The van der Waals surface area contributed by atoms with Crippen LogP contribution < -0.4 is 15.6 Å². The van der Waals surface area contributed by atoms with Crippen molar-refractivity contribution in [3.05, 3.63) is 51.4 Å². The fourth-order valence-electron chi connectivity index (χ4n) is 4.47. The lowest BCUT2D eigenvalue weighted by Crippen LogP contribution is -2.29. The summed E-state index contributed by atoms with van der Waals surface area (Å²) >= 11 is 0. The van der Waals surface area contributed by atoms with Gasteiger partial charge in [-0.05, 0) is 69.8 Å². The third-order valence-corrected chi connectivity index (χ3v) is 6.39. The lowest BCUT2D eigenvalue weighted by atomic mass is 10.1. The number of nitrogens with zero attached hydrogens (tertiary/aromatic N) is 2. The molecule has 1 aliphatic heterocycles. The molecular formula is C27H42N4O2. The number of piperidine rings is 1. The number of anilines is 1. The van der Waals surface area contributed by atoms with Gasteiger partial charge in [-0.15, -0.1) is 0 Å². The fourth-order valence-corrected chi connectivity index (χ4v) is 4.47. The van der Waals surface area contributed by atoms with E-state index in [0.29, 0.717) is 19.1 Å². The van der Waals surface area contributed by atoms with Crippen molar-refractivity contribution in [2.45, 2.75) is 84.6 Å². The Balaban J connectivity index is 1.37. The van der Waals surface area contributed by atoms with Gasteiger partial charge >= 0.3 is 0 Å². The number of ether oxygens (including phenoxy) is 1. The molecule has 1 aliphatic rings. The van der Waals surface area contributed by atoms with Crippen LogP contribution in [0.5, 0.6) is 5.75 Å². The zero-order valence-corrected chi connectivity index (χ0v) is 20.6. The van der Waals surface area contributed by atoms with Crippen LogP contribution in [0, 0.1) is 6.92 Å².